The zero-order valence-corrected chi connectivity index (χ0v) is 8.29. The largest absolute Gasteiger partial charge is 0.424 e. The number of nitrogen functional groups attached to an aromatic ring is 1. The summed E-state index contributed by atoms with van der Waals surface area (Å²) >= 11 is 0. The summed E-state index contributed by atoms with van der Waals surface area (Å²) in [5.41, 5.74) is 8.44. The fraction of sp³-hybridized carbons (Fsp3) is 0.364. The molecule has 0 aliphatic rings. The van der Waals surface area contributed by atoms with Crippen molar-refractivity contribution >= 4 is 17.1 Å². The van der Waals surface area contributed by atoms with Crippen molar-refractivity contribution in [1.82, 2.24) is 4.98 Å². The van der Waals surface area contributed by atoms with Gasteiger partial charge in [-0.15, -0.1) is 0 Å². The average molecular weight is 190 g/mol. The summed E-state index contributed by atoms with van der Waals surface area (Å²) in [7, 11) is 0. The number of nitrogens with two attached hydrogens (primary N) is 1. The van der Waals surface area contributed by atoms with Gasteiger partial charge in [-0.25, -0.2) is 0 Å². The second-order valence-corrected chi connectivity index (χ2v) is 3.42. The summed E-state index contributed by atoms with van der Waals surface area (Å²) in [5.74, 6) is 0. The van der Waals surface area contributed by atoms with Crippen LogP contribution in [-0.2, 0) is 6.42 Å². The highest BCUT2D eigenvalue weighted by molar-refractivity contribution is 5.77. The second kappa shape index (κ2) is 3.70. The quantitative estimate of drug-likeness (QED) is 0.809. The van der Waals surface area contributed by atoms with Crippen LogP contribution < -0.4 is 5.73 Å². The van der Waals surface area contributed by atoms with Gasteiger partial charge in [0.25, 0.3) is 6.01 Å². The fourth-order valence-corrected chi connectivity index (χ4v) is 1.59. The molecule has 1 aromatic heterocycles. The van der Waals surface area contributed by atoms with Crippen molar-refractivity contribution in [2.75, 3.05) is 5.73 Å². The Labute approximate surface area is 82.9 Å². The third-order valence-corrected chi connectivity index (χ3v) is 2.32. The molecule has 2 aromatic rings. The lowest BCUT2D eigenvalue weighted by molar-refractivity contribution is 0.626. The average Bonchev–Trinajstić information content (AvgIpc) is 2.55. The zero-order valence-electron chi connectivity index (χ0n) is 8.29. The Morgan fingerprint density at radius 1 is 1.43 bits per heavy atom. The van der Waals surface area contributed by atoms with Gasteiger partial charge in [-0.1, -0.05) is 25.5 Å². The highest BCUT2D eigenvalue weighted by atomic mass is 16.4. The molecule has 0 aliphatic carbocycles. The summed E-state index contributed by atoms with van der Waals surface area (Å²) in [6, 6.07) is 6.22. The van der Waals surface area contributed by atoms with E-state index in [4.69, 9.17) is 10.2 Å². The van der Waals surface area contributed by atoms with Crippen LogP contribution in [0.1, 0.15) is 25.3 Å². The van der Waals surface area contributed by atoms with Crippen molar-refractivity contribution in [3.05, 3.63) is 23.8 Å². The maximum atomic E-state index is 5.51. The molecule has 14 heavy (non-hydrogen) atoms. The maximum Gasteiger partial charge on any atom is 0.292 e. The van der Waals surface area contributed by atoms with Crippen molar-refractivity contribution in [3.63, 3.8) is 0 Å². The molecule has 2 rings (SSSR count). The highest BCUT2D eigenvalue weighted by Crippen LogP contribution is 2.21. The van der Waals surface area contributed by atoms with Gasteiger partial charge in [0.05, 0.1) is 0 Å². The van der Waals surface area contributed by atoms with E-state index in [0.29, 0.717) is 0 Å². The zero-order chi connectivity index (χ0) is 9.97. The van der Waals surface area contributed by atoms with Crippen LogP contribution in [0.2, 0.25) is 0 Å². The maximum absolute atomic E-state index is 5.51. The number of nitrogens with zero attached hydrogens (tertiary/aromatic N) is 1. The molecule has 3 nitrogen and oxygen atoms in total. The highest BCUT2D eigenvalue weighted by Gasteiger charge is 2.06. The van der Waals surface area contributed by atoms with Crippen LogP contribution in [-0.4, -0.2) is 4.98 Å². The van der Waals surface area contributed by atoms with Crippen molar-refractivity contribution < 1.29 is 4.42 Å². The summed E-state index contributed by atoms with van der Waals surface area (Å²) in [4.78, 5) is 4.18. The molecule has 0 atom stereocenters. The Balaban J connectivity index is 2.42. The molecule has 1 heterocycles. The van der Waals surface area contributed by atoms with E-state index in [-0.39, 0.29) is 6.01 Å². The lowest BCUT2D eigenvalue weighted by Crippen LogP contribution is -1.87. The van der Waals surface area contributed by atoms with Crippen molar-refractivity contribution in [2.24, 2.45) is 0 Å². The minimum absolute atomic E-state index is 0.254. The Bertz CT molecular complexity index is 434. The van der Waals surface area contributed by atoms with Crippen LogP contribution >= 0.6 is 0 Å². The van der Waals surface area contributed by atoms with Gasteiger partial charge in [0.1, 0.15) is 5.52 Å². The Morgan fingerprint density at radius 3 is 3.07 bits per heavy atom. The number of hydrogen-bond acceptors (Lipinski definition) is 3. The van der Waals surface area contributed by atoms with E-state index in [0.717, 1.165) is 17.5 Å². The first-order valence-electron chi connectivity index (χ1n) is 4.95. The molecule has 0 spiro atoms. The molecule has 0 aliphatic heterocycles. The topological polar surface area (TPSA) is 52.0 Å². The number of benzene rings is 1. The molecule has 0 saturated carbocycles. The van der Waals surface area contributed by atoms with Crippen LogP contribution in [0.15, 0.2) is 22.6 Å². The smallest absolute Gasteiger partial charge is 0.292 e. The molecule has 0 radical (unpaired) electrons. The van der Waals surface area contributed by atoms with E-state index in [2.05, 4.69) is 18.0 Å². The first-order chi connectivity index (χ1) is 6.81. The second-order valence-electron chi connectivity index (χ2n) is 3.42. The number of oxazole rings is 1. The van der Waals surface area contributed by atoms with E-state index < -0.39 is 0 Å². The predicted molar refractivity (Wildman–Crippen MR) is 57.0 cm³/mol. The molecule has 0 fully saturated rings. The fourth-order valence-electron chi connectivity index (χ4n) is 1.59. The van der Waals surface area contributed by atoms with Crippen LogP contribution in [0.25, 0.3) is 11.1 Å². The summed E-state index contributed by atoms with van der Waals surface area (Å²) in [5, 5.41) is 0. The Hall–Kier alpha value is -1.51. The third kappa shape index (κ3) is 1.58. The molecule has 1 aromatic carbocycles. The number of anilines is 1. The van der Waals surface area contributed by atoms with E-state index in [9.17, 15) is 0 Å². The minimum Gasteiger partial charge on any atom is -0.424 e. The third-order valence-electron chi connectivity index (χ3n) is 2.32. The SMILES string of the molecule is CCCCc1cccc2oc(N)nc12. The number of aryl methyl sites for hydroxylation is 1. The Morgan fingerprint density at radius 2 is 2.29 bits per heavy atom. The summed E-state index contributed by atoms with van der Waals surface area (Å²) in [6.07, 6.45) is 3.40. The molecule has 3 heteroatoms. The first kappa shape index (κ1) is 9.06. The van der Waals surface area contributed by atoms with E-state index in [1.165, 1.54) is 18.4 Å². The molecule has 0 amide bonds. The summed E-state index contributed by atoms with van der Waals surface area (Å²) < 4.78 is 5.26. The van der Waals surface area contributed by atoms with Crippen LogP contribution in [0.3, 0.4) is 0 Å². The number of para-hydroxylation sites is 1. The number of fused-ring (bicyclic) bond motifs is 1. The lowest BCUT2D eigenvalue weighted by Gasteiger charge is -1.98. The predicted octanol–water partition coefficient (Wildman–Crippen LogP) is 2.75. The van der Waals surface area contributed by atoms with Crippen molar-refractivity contribution in [3.8, 4) is 0 Å². The van der Waals surface area contributed by atoms with Gasteiger partial charge < -0.3 is 10.2 Å². The monoisotopic (exact) mass is 190 g/mol. The van der Waals surface area contributed by atoms with Gasteiger partial charge in [0.2, 0.25) is 0 Å². The first-order valence-corrected chi connectivity index (χ1v) is 4.95. The van der Waals surface area contributed by atoms with Gasteiger partial charge >= 0.3 is 0 Å². The van der Waals surface area contributed by atoms with E-state index >= 15 is 0 Å². The van der Waals surface area contributed by atoms with Gasteiger partial charge in [-0.05, 0) is 24.5 Å². The van der Waals surface area contributed by atoms with Gasteiger partial charge in [0, 0.05) is 0 Å². The van der Waals surface area contributed by atoms with E-state index in [1.54, 1.807) is 0 Å². The van der Waals surface area contributed by atoms with Crippen molar-refractivity contribution in [2.45, 2.75) is 26.2 Å². The molecule has 74 valence electrons. The van der Waals surface area contributed by atoms with E-state index in [1.807, 2.05) is 12.1 Å². The number of aromatic nitrogens is 1. The van der Waals surface area contributed by atoms with Gasteiger partial charge in [0.15, 0.2) is 5.58 Å². The standard InChI is InChI=1S/C11H14N2O/c1-2-3-5-8-6-4-7-9-10(8)13-11(12)14-9/h4,6-7H,2-3,5H2,1H3,(H2,12,13). The molecular weight excluding hydrogens is 176 g/mol. The molecule has 2 N–H and O–H groups in total. The van der Waals surface area contributed by atoms with Gasteiger partial charge in [-0.2, -0.15) is 4.98 Å². The number of hydrogen-bond donors (Lipinski definition) is 1. The van der Waals surface area contributed by atoms with Crippen LogP contribution in [0.4, 0.5) is 6.01 Å². The number of rotatable bonds is 3. The molecule has 0 unspecified atom stereocenters. The Kier molecular flexibility index (Phi) is 2.39. The molecule has 0 saturated heterocycles. The minimum atomic E-state index is 0.254. The van der Waals surface area contributed by atoms with Gasteiger partial charge in [-0.3, -0.25) is 0 Å². The number of unbranched alkanes of at least 4 members (excludes halogenated alkanes) is 1. The van der Waals surface area contributed by atoms with Crippen LogP contribution in [0.5, 0.6) is 0 Å². The molecule has 0 bridgehead atoms. The lowest BCUT2D eigenvalue weighted by atomic mass is 10.1. The van der Waals surface area contributed by atoms with Crippen molar-refractivity contribution in [1.29, 1.82) is 0 Å². The van der Waals surface area contributed by atoms with Crippen LogP contribution in [0, 0.1) is 0 Å². The normalized spacial score (nSPS) is 10.9. The molecular formula is C11H14N2O. The summed E-state index contributed by atoms with van der Waals surface area (Å²) in [6.45, 7) is 2.18.